The number of carbonyl (C=O) groups is 2. The molecule has 1 saturated heterocycles. The summed E-state index contributed by atoms with van der Waals surface area (Å²) in [4.78, 5) is 24.5. The first-order chi connectivity index (χ1) is 16.9. The number of sulfonamides is 1. The van der Waals surface area contributed by atoms with Gasteiger partial charge in [-0.05, 0) is 24.6 Å². The topological polar surface area (TPSA) is 116 Å². The van der Waals surface area contributed by atoms with Gasteiger partial charge in [-0.2, -0.15) is 0 Å². The molecule has 36 heavy (non-hydrogen) atoms. The predicted molar refractivity (Wildman–Crippen MR) is 134 cm³/mol. The van der Waals surface area contributed by atoms with E-state index in [0.29, 0.717) is 11.4 Å². The van der Waals surface area contributed by atoms with Crippen molar-refractivity contribution < 1.29 is 79.2 Å². The first-order valence-electron chi connectivity index (χ1n) is 12.9. The summed E-state index contributed by atoms with van der Waals surface area (Å²) in [5.41, 5.74) is 0.0243. The number of hydrogen-bond acceptors (Lipinski definition) is 6. The summed E-state index contributed by atoms with van der Waals surface area (Å²) in [5, 5.41) is 10.8. The first-order valence-corrected chi connectivity index (χ1v) is 14.4. The van der Waals surface area contributed by atoms with Gasteiger partial charge in [0.2, 0.25) is 10.0 Å². The molecule has 8 nitrogen and oxygen atoms in total. The van der Waals surface area contributed by atoms with Crippen molar-refractivity contribution in [2.75, 3.05) is 11.4 Å². The predicted octanol–water partition coefficient (Wildman–Crippen LogP) is 2.14. The van der Waals surface area contributed by atoms with Crippen LogP contribution in [0.15, 0.2) is 41.2 Å². The molecule has 196 valence electrons. The molecule has 0 spiro atoms. The molecule has 10 heteroatoms. The SMILES string of the molecule is CCCCCCCCCCCCCCCCNS(=O)(=O)c1cccc(N2C(=O)O/C(=C\[O-])C2=O)c1.[K+]. The first kappa shape index (κ1) is 33.3. The Hall–Kier alpha value is -0.754. The number of carbonyl (C=O) groups excluding carboxylic acids is 2. The van der Waals surface area contributed by atoms with Crippen LogP contribution < -0.4 is 66.1 Å². The van der Waals surface area contributed by atoms with E-state index in [9.17, 15) is 23.1 Å². The molecule has 1 aromatic carbocycles. The second-order valence-corrected chi connectivity index (χ2v) is 10.7. The molecular weight excluding hydrogens is 507 g/mol. The van der Waals surface area contributed by atoms with Crippen molar-refractivity contribution in [1.29, 1.82) is 0 Å². The van der Waals surface area contributed by atoms with Gasteiger partial charge in [-0.25, -0.2) is 22.8 Å². The van der Waals surface area contributed by atoms with Crippen molar-refractivity contribution >= 4 is 27.7 Å². The number of nitrogens with one attached hydrogen (secondary N) is 1. The van der Waals surface area contributed by atoms with Gasteiger partial charge >= 0.3 is 63.4 Å². The second-order valence-electron chi connectivity index (χ2n) is 8.98. The van der Waals surface area contributed by atoms with E-state index in [1.165, 1.54) is 94.9 Å². The minimum Gasteiger partial charge on any atom is -0.875 e. The normalized spacial score (nSPS) is 14.8. The van der Waals surface area contributed by atoms with Gasteiger partial charge in [0.25, 0.3) is 0 Å². The Kier molecular flexibility index (Phi) is 17.1. The molecule has 1 aliphatic rings. The fraction of sp³-hybridized carbons (Fsp3) is 0.615. The summed E-state index contributed by atoms with van der Waals surface area (Å²) >= 11 is 0. The quantitative estimate of drug-likeness (QED) is 0.131. The van der Waals surface area contributed by atoms with Gasteiger partial charge in [-0.1, -0.05) is 103 Å². The van der Waals surface area contributed by atoms with E-state index >= 15 is 0 Å². The number of amides is 2. The minimum absolute atomic E-state index is 0. The molecule has 0 aromatic heterocycles. The number of nitrogens with zero attached hydrogens (tertiary/aromatic N) is 1. The minimum atomic E-state index is -3.80. The molecule has 1 fully saturated rings. The average molecular weight is 547 g/mol. The Morgan fingerprint density at radius 1 is 0.889 bits per heavy atom. The van der Waals surface area contributed by atoms with Crippen LogP contribution in [0.5, 0.6) is 0 Å². The smallest absolute Gasteiger partial charge is 0.875 e. The van der Waals surface area contributed by atoms with Crippen LogP contribution in [-0.2, 0) is 19.6 Å². The molecule has 0 unspecified atom stereocenters. The molecule has 0 radical (unpaired) electrons. The largest absolute Gasteiger partial charge is 1.00 e. The van der Waals surface area contributed by atoms with Gasteiger partial charge in [0.05, 0.1) is 10.6 Å². The molecule has 2 amide bonds. The van der Waals surface area contributed by atoms with Crippen LogP contribution in [0.4, 0.5) is 10.5 Å². The van der Waals surface area contributed by atoms with Gasteiger partial charge in [0, 0.05) is 6.54 Å². The molecule has 0 aliphatic carbocycles. The molecule has 1 aliphatic heterocycles. The number of hydrogen-bond donors (Lipinski definition) is 1. The Labute approximate surface area is 258 Å². The molecule has 2 rings (SSSR count). The Morgan fingerprint density at radius 3 is 1.92 bits per heavy atom. The van der Waals surface area contributed by atoms with Crippen LogP contribution in [0.1, 0.15) is 96.8 Å². The van der Waals surface area contributed by atoms with Crippen LogP contribution >= 0.6 is 0 Å². The van der Waals surface area contributed by atoms with Crippen LogP contribution in [0.2, 0.25) is 0 Å². The summed E-state index contributed by atoms with van der Waals surface area (Å²) in [5.74, 6) is -1.55. The zero-order valence-corrected chi connectivity index (χ0v) is 25.7. The molecule has 1 N–H and O–H groups in total. The maximum Gasteiger partial charge on any atom is 1.00 e. The molecule has 0 bridgehead atoms. The number of benzene rings is 1. The number of anilines is 1. The number of rotatable bonds is 18. The summed E-state index contributed by atoms with van der Waals surface area (Å²) in [6.45, 7) is 2.56. The van der Waals surface area contributed by atoms with E-state index in [1.54, 1.807) is 0 Å². The average Bonchev–Trinajstić information content (AvgIpc) is 3.14. The zero-order chi connectivity index (χ0) is 25.5. The maximum atomic E-state index is 12.6. The molecular formula is C26H39KN2O6S. The zero-order valence-electron chi connectivity index (χ0n) is 21.8. The standard InChI is InChI=1S/C26H40N2O6S.K/c1-2-3-4-5-6-7-8-9-10-11-12-13-14-15-19-27-35(32,33)23-18-16-17-22(20-23)28-25(30)24(21-29)34-26(28)31;/h16-18,20-21,27,29H,2-15,19H2,1H3;/q;+1/p-1/b24-21-;. The van der Waals surface area contributed by atoms with Crippen molar-refractivity contribution in [2.24, 2.45) is 0 Å². The third-order valence-electron chi connectivity index (χ3n) is 6.11. The third kappa shape index (κ3) is 11.3. The van der Waals surface area contributed by atoms with Gasteiger partial charge in [-0.3, -0.25) is 4.79 Å². The van der Waals surface area contributed by atoms with Crippen LogP contribution in [0, 0.1) is 0 Å². The third-order valence-corrected chi connectivity index (χ3v) is 7.57. The van der Waals surface area contributed by atoms with Crippen molar-refractivity contribution in [3.8, 4) is 0 Å². The molecule has 1 heterocycles. The maximum absolute atomic E-state index is 12.6. The van der Waals surface area contributed by atoms with Gasteiger partial charge in [-0.15, -0.1) is 0 Å². The molecule has 0 saturated carbocycles. The van der Waals surface area contributed by atoms with E-state index in [-0.39, 0.29) is 68.2 Å². The van der Waals surface area contributed by atoms with E-state index in [4.69, 9.17) is 0 Å². The number of unbranched alkanes of at least 4 members (excludes halogenated alkanes) is 13. The number of ether oxygens (including phenoxy) is 1. The van der Waals surface area contributed by atoms with Crippen LogP contribution in [-0.4, -0.2) is 27.0 Å². The summed E-state index contributed by atoms with van der Waals surface area (Å²) < 4.78 is 32.4. The van der Waals surface area contributed by atoms with Crippen molar-refractivity contribution in [2.45, 2.75) is 102 Å². The van der Waals surface area contributed by atoms with E-state index in [0.717, 1.165) is 19.3 Å². The number of imide groups is 1. The fourth-order valence-electron chi connectivity index (χ4n) is 4.07. The van der Waals surface area contributed by atoms with E-state index in [2.05, 4.69) is 16.4 Å². The van der Waals surface area contributed by atoms with Gasteiger partial charge < -0.3 is 9.84 Å². The van der Waals surface area contributed by atoms with E-state index in [1.807, 2.05) is 0 Å². The van der Waals surface area contributed by atoms with Crippen molar-refractivity contribution in [3.05, 3.63) is 36.3 Å². The monoisotopic (exact) mass is 546 g/mol. The van der Waals surface area contributed by atoms with Crippen molar-refractivity contribution in [1.82, 2.24) is 4.72 Å². The van der Waals surface area contributed by atoms with Crippen LogP contribution in [0.25, 0.3) is 0 Å². The summed E-state index contributed by atoms with van der Waals surface area (Å²) in [7, 11) is -3.80. The summed E-state index contributed by atoms with van der Waals surface area (Å²) in [6, 6.07) is 5.42. The van der Waals surface area contributed by atoms with Crippen LogP contribution in [0.3, 0.4) is 0 Å². The second kappa shape index (κ2) is 18.5. The molecule has 0 atom stereocenters. The fourth-order valence-corrected chi connectivity index (χ4v) is 5.19. The Balaban J connectivity index is 0.00000648. The van der Waals surface area contributed by atoms with Gasteiger partial charge in [0.1, 0.15) is 0 Å². The van der Waals surface area contributed by atoms with E-state index < -0.39 is 27.8 Å². The number of cyclic esters (lactones) is 1. The Bertz CT molecular complexity index is 952. The van der Waals surface area contributed by atoms with Crippen molar-refractivity contribution in [3.63, 3.8) is 0 Å². The molecule has 1 aromatic rings. The summed E-state index contributed by atoms with van der Waals surface area (Å²) in [6.07, 6.45) is 16.3. The van der Waals surface area contributed by atoms with Gasteiger partial charge in [0.15, 0.2) is 5.76 Å². The Morgan fingerprint density at radius 2 is 1.42 bits per heavy atom.